The maximum Gasteiger partial charge on any atom is 0.233 e. The third kappa shape index (κ3) is 3.15. The summed E-state index contributed by atoms with van der Waals surface area (Å²) < 4.78 is 11.1. The molecule has 1 aromatic carbocycles. The number of ether oxygens (including phenoxy) is 2. The Hall–Kier alpha value is -1.59. The van der Waals surface area contributed by atoms with Crippen LogP contribution in [0.25, 0.3) is 0 Å². The fourth-order valence-electron chi connectivity index (χ4n) is 4.38. The molecule has 4 rings (SSSR count). The maximum atomic E-state index is 13.4. The van der Waals surface area contributed by atoms with E-state index in [0.29, 0.717) is 11.9 Å². The zero-order valence-electron chi connectivity index (χ0n) is 15.1. The molecule has 2 aliphatic heterocycles. The molecule has 1 aliphatic carbocycles. The SMILES string of the molecule is COc1ccccc1C1(C(=O)N2CCCN(C3CCOC3)CC2)CC1. The van der Waals surface area contributed by atoms with Crippen molar-refractivity contribution in [1.82, 2.24) is 9.80 Å². The Bertz CT molecular complexity index is 623. The van der Waals surface area contributed by atoms with Crippen LogP contribution < -0.4 is 4.74 Å². The van der Waals surface area contributed by atoms with Gasteiger partial charge in [0.05, 0.1) is 19.1 Å². The minimum atomic E-state index is -0.349. The summed E-state index contributed by atoms with van der Waals surface area (Å²) in [6.45, 7) is 5.44. The topological polar surface area (TPSA) is 42.0 Å². The second-order valence-electron chi connectivity index (χ2n) is 7.48. The van der Waals surface area contributed by atoms with Gasteiger partial charge in [0.2, 0.25) is 5.91 Å². The Morgan fingerprint density at radius 1 is 1.20 bits per heavy atom. The van der Waals surface area contributed by atoms with Gasteiger partial charge < -0.3 is 14.4 Å². The van der Waals surface area contributed by atoms with Gasteiger partial charge in [0.25, 0.3) is 0 Å². The summed E-state index contributed by atoms with van der Waals surface area (Å²) in [5.74, 6) is 1.13. The van der Waals surface area contributed by atoms with Crippen molar-refractivity contribution in [3.05, 3.63) is 29.8 Å². The summed E-state index contributed by atoms with van der Waals surface area (Å²) in [5.41, 5.74) is 0.714. The molecule has 3 aliphatic rings. The molecular weight excluding hydrogens is 316 g/mol. The Balaban J connectivity index is 1.47. The van der Waals surface area contributed by atoms with Crippen LogP contribution in [0.2, 0.25) is 0 Å². The third-order valence-electron chi connectivity index (χ3n) is 6.02. The standard InChI is InChI=1S/C20H28N2O3/c1-24-18-6-3-2-5-17(18)20(8-9-20)19(23)22-11-4-10-21(12-13-22)16-7-14-25-15-16/h2-3,5-6,16H,4,7-15H2,1H3. The van der Waals surface area contributed by atoms with Crippen molar-refractivity contribution >= 4 is 5.91 Å². The average Bonchev–Trinajstić information content (AvgIpc) is 3.36. The van der Waals surface area contributed by atoms with Gasteiger partial charge in [-0.15, -0.1) is 0 Å². The van der Waals surface area contributed by atoms with Crippen LogP contribution in [0.4, 0.5) is 0 Å². The molecule has 25 heavy (non-hydrogen) atoms. The van der Waals surface area contributed by atoms with E-state index >= 15 is 0 Å². The quantitative estimate of drug-likeness (QED) is 0.838. The second kappa shape index (κ2) is 6.96. The fraction of sp³-hybridized carbons (Fsp3) is 0.650. The van der Waals surface area contributed by atoms with E-state index in [1.165, 1.54) is 0 Å². The Morgan fingerprint density at radius 3 is 2.76 bits per heavy atom. The van der Waals surface area contributed by atoms with Gasteiger partial charge in [-0.05, 0) is 31.7 Å². The lowest BCUT2D eigenvalue weighted by atomic mass is 9.93. The van der Waals surface area contributed by atoms with Crippen LogP contribution >= 0.6 is 0 Å². The first-order chi connectivity index (χ1) is 12.2. The van der Waals surface area contributed by atoms with Crippen molar-refractivity contribution in [1.29, 1.82) is 0 Å². The van der Waals surface area contributed by atoms with Gasteiger partial charge >= 0.3 is 0 Å². The summed E-state index contributed by atoms with van der Waals surface area (Å²) in [5, 5.41) is 0. The van der Waals surface area contributed by atoms with Gasteiger partial charge in [0.15, 0.2) is 0 Å². The van der Waals surface area contributed by atoms with Crippen LogP contribution in [0.15, 0.2) is 24.3 Å². The molecule has 0 bridgehead atoms. The molecule has 1 aromatic rings. The summed E-state index contributed by atoms with van der Waals surface area (Å²) >= 11 is 0. The lowest BCUT2D eigenvalue weighted by Crippen LogP contribution is -2.43. The highest BCUT2D eigenvalue weighted by Crippen LogP contribution is 2.52. The summed E-state index contributed by atoms with van der Waals surface area (Å²) in [7, 11) is 1.69. The lowest BCUT2D eigenvalue weighted by molar-refractivity contribution is -0.133. The summed E-state index contributed by atoms with van der Waals surface area (Å²) in [4.78, 5) is 18.0. The van der Waals surface area contributed by atoms with E-state index in [1.54, 1.807) is 7.11 Å². The van der Waals surface area contributed by atoms with Crippen LogP contribution in [-0.4, -0.2) is 68.3 Å². The monoisotopic (exact) mass is 344 g/mol. The summed E-state index contributed by atoms with van der Waals surface area (Å²) in [6, 6.07) is 8.54. The van der Waals surface area contributed by atoms with E-state index in [1.807, 2.05) is 18.2 Å². The second-order valence-corrected chi connectivity index (χ2v) is 7.48. The van der Waals surface area contributed by atoms with Gasteiger partial charge in [-0.3, -0.25) is 9.69 Å². The molecule has 0 N–H and O–H groups in total. The molecule has 2 saturated heterocycles. The number of hydrogen-bond acceptors (Lipinski definition) is 4. The molecule has 136 valence electrons. The lowest BCUT2D eigenvalue weighted by Gasteiger charge is -2.28. The molecule has 5 nitrogen and oxygen atoms in total. The zero-order valence-corrected chi connectivity index (χ0v) is 15.1. The molecule has 5 heteroatoms. The van der Waals surface area contributed by atoms with E-state index in [0.717, 1.165) is 76.4 Å². The molecule has 1 amide bonds. The molecule has 1 unspecified atom stereocenters. The van der Waals surface area contributed by atoms with Crippen molar-refractivity contribution < 1.29 is 14.3 Å². The molecule has 0 radical (unpaired) electrons. The van der Waals surface area contributed by atoms with Gasteiger partial charge in [0, 0.05) is 44.4 Å². The Kier molecular flexibility index (Phi) is 4.69. The number of hydrogen-bond donors (Lipinski definition) is 0. The zero-order chi connectivity index (χ0) is 17.3. The van der Waals surface area contributed by atoms with Crippen molar-refractivity contribution in [2.45, 2.75) is 37.1 Å². The van der Waals surface area contributed by atoms with E-state index in [4.69, 9.17) is 9.47 Å². The van der Waals surface area contributed by atoms with Crippen LogP contribution in [0.3, 0.4) is 0 Å². The first-order valence-electron chi connectivity index (χ1n) is 9.49. The third-order valence-corrected chi connectivity index (χ3v) is 6.02. The van der Waals surface area contributed by atoms with Gasteiger partial charge in [0.1, 0.15) is 5.75 Å². The minimum Gasteiger partial charge on any atom is -0.496 e. The Labute approximate surface area is 149 Å². The highest BCUT2D eigenvalue weighted by molar-refractivity contribution is 5.92. The number of para-hydroxylation sites is 1. The fourth-order valence-corrected chi connectivity index (χ4v) is 4.38. The number of benzene rings is 1. The van der Waals surface area contributed by atoms with Gasteiger partial charge in [-0.2, -0.15) is 0 Å². The van der Waals surface area contributed by atoms with Gasteiger partial charge in [-0.1, -0.05) is 18.2 Å². The minimum absolute atomic E-state index is 0.293. The van der Waals surface area contributed by atoms with E-state index < -0.39 is 0 Å². The van der Waals surface area contributed by atoms with Gasteiger partial charge in [-0.25, -0.2) is 0 Å². The Morgan fingerprint density at radius 2 is 2.04 bits per heavy atom. The first kappa shape index (κ1) is 16.9. The van der Waals surface area contributed by atoms with Crippen molar-refractivity contribution in [2.75, 3.05) is 46.5 Å². The van der Waals surface area contributed by atoms with Crippen molar-refractivity contribution in [3.63, 3.8) is 0 Å². The van der Waals surface area contributed by atoms with Crippen LogP contribution in [0.5, 0.6) is 5.75 Å². The number of methoxy groups -OCH3 is 1. The molecule has 2 heterocycles. The van der Waals surface area contributed by atoms with Crippen LogP contribution in [0, 0.1) is 0 Å². The summed E-state index contributed by atoms with van der Waals surface area (Å²) in [6.07, 6.45) is 4.04. The van der Waals surface area contributed by atoms with E-state index in [2.05, 4.69) is 15.9 Å². The molecular formula is C20H28N2O3. The normalized spacial score (nSPS) is 26.3. The molecule has 0 spiro atoms. The molecule has 0 aromatic heterocycles. The van der Waals surface area contributed by atoms with Crippen molar-refractivity contribution in [2.24, 2.45) is 0 Å². The van der Waals surface area contributed by atoms with E-state index in [9.17, 15) is 4.79 Å². The van der Waals surface area contributed by atoms with Crippen LogP contribution in [0.1, 0.15) is 31.2 Å². The molecule has 3 fully saturated rings. The largest absolute Gasteiger partial charge is 0.496 e. The number of carbonyl (C=O) groups excluding carboxylic acids is 1. The average molecular weight is 344 g/mol. The highest BCUT2D eigenvalue weighted by Gasteiger charge is 2.54. The number of amides is 1. The number of rotatable bonds is 4. The maximum absolute atomic E-state index is 13.4. The molecule has 1 saturated carbocycles. The first-order valence-corrected chi connectivity index (χ1v) is 9.49. The van der Waals surface area contributed by atoms with E-state index in [-0.39, 0.29) is 5.41 Å². The van der Waals surface area contributed by atoms with Crippen molar-refractivity contribution in [3.8, 4) is 5.75 Å². The number of carbonyl (C=O) groups is 1. The highest BCUT2D eigenvalue weighted by atomic mass is 16.5. The smallest absolute Gasteiger partial charge is 0.233 e. The van der Waals surface area contributed by atoms with Crippen LogP contribution in [-0.2, 0) is 14.9 Å². The predicted octanol–water partition coefficient (Wildman–Crippen LogP) is 2.05. The molecule has 1 atom stereocenters. The predicted molar refractivity (Wildman–Crippen MR) is 95.9 cm³/mol. The number of nitrogens with zero attached hydrogens (tertiary/aromatic N) is 2.